The fourth-order valence-electron chi connectivity index (χ4n) is 2.90. The van der Waals surface area contributed by atoms with Gasteiger partial charge in [-0.05, 0) is 25.0 Å². The normalized spacial score (nSPS) is 14.7. The summed E-state index contributed by atoms with van der Waals surface area (Å²) in [7, 11) is 3.17. The Morgan fingerprint density at radius 3 is 2.54 bits per heavy atom. The van der Waals surface area contributed by atoms with E-state index in [4.69, 9.17) is 0 Å². The molecular formula is C18H28FIN4O2. The van der Waals surface area contributed by atoms with Crippen LogP contribution in [-0.2, 0) is 9.53 Å². The number of methoxy groups -OCH3 is 1. The third-order valence-corrected chi connectivity index (χ3v) is 4.30. The molecule has 146 valence electrons. The highest BCUT2D eigenvalue weighted by atomic mass is 127. The molecule has 1 aliphatic heterocycles. The van der Waals surface area contributed by atoms with Crippen LogP contribution in [0.1, 0.15) is 19.3 Å². The van der Waals surface area contributed by atoms with Crippen LogP contribution in [0.3, 0.4) is 0 Å². The number of carbonyl (C=O) groups excluding carboxylic acids is 1. The Morgan fingerprint density at radius 1 is 1.23 bits per heavy atom. The Bertz CT molecular complexity index is 592. The fourth-order valence-corrected chi connectivity index (χ4v) is 2.90. The van der Waals surface area contributed by atoms with Crippen molar-refractivity contribution in [2.75, 3.05) is 51.8 Å². The second-order valence-corrected chi connectivity index (χ2v) is 5.93. The van der Waals surface area contributed by atoms with Crippen molar-refractivity contribution in [3.8, 4) is 0 Å². The molecule has 1 fully saturated rings. The summed E-state index contributed by atoms with van der Waals surface area (Å²) in [4.78, 5) is 19.6. The molecule has 0 atom stereocenters. The van der Waals surface area contributed by atoms with Crippen LogP contribution in [0.2, 0.25) is 0 Å². The van der Waals surface area contributed by atoms with Crippen LogP contribution in [0.4, 0.5) is 10.1 Å². The fraction of sp³-hybridized carbons (Fsp3) is 0.556. The summed E-state index contributed by atoms with van der Waals surface area (Å²) in [5, 5.41) is 3.33. The van der Waals surface area contributed by atoms with Crippen molar-refractivity contribution < 1.29 is 13.9 Å². The van der Waals surface area contributed by atoms with Gasteiger partial charge in [0.15, 0.2) is 5.96 Å². The van der Waals surface area contributed by atoms with E-state index in [1.165, 1.54) is 13.2 Å². The first-order valence-electron chi connectivity index (χ1n) is 8.67. The third kappa shape index (κ3) is 6.62. The maximum Gasteiger partial charge on any atom is 0.305 e. The molecule has 0 aromatic heterocycles. The molecule has 1 heterocycles. The van der Waals surface area contributed by atoms with Crippen molar-refractivity contribution in [2.24, 2.45) is 4.99 Å². The van der Waals surface area contributed by atoms with Crippen molar-refractivity contribution in [1.29, 1.82) is 0 Å². The highest BCUT2D eigenvalue weighted by Gasteiger charge is 2.21. The zero-order valence-corrected chi connectivity index (χ0v) is 17.7. The molecule has 0 saturated carbocycles. The molecule has 0 amide bonds. The van der Waals surface area contributed by atoms with E-state index in [9.17, 15) is 9.18 Å². The Morgan fingerprint density at radius 2 is 1.92 bits per heavy atom. The lowest BCUT2D eigenvalue weighted by Gasteiger charge is -2.37. The average molecular weight is 478 g/mol. The van der Waals surface area contributed by atoms with Gasteiger partial charge in [0.25, 0.3) is 0 Å². The van der Waals surface area contributed by atoms with Gasteiger partial charge in [0.2, 0.25) is 0 Å². The van der Waals surface area contributed by atoms with Gasteiger partial charge in [-0.2, -0.15) is 0 Å². The van der Waals surface area contributed by atoms with Crippen LogP contribution in [-0.4, -0.2) is 63.7 Å². The molecule has 0 spiro atoms. The van der Waals surface area contributed by atoms with Gasteiger partial charge < -0.3 is 19.9 Å². The number of nitrogens with one attached hydrogen (secondary N) is 1. The molecule has 2 rings (SSSR count). The molecule has 26 heavy (non-hydrogen) atoms. The largest absolute Gasteiger partial charge is 0.469 e. The van der Waals surface area contributed by atoms with Crippen molar-refractivity contribution in [1.82, 2.24) is 10.2 Å². The van der Waals surface area contributed by atoms with Gasteiger partial charge in [0.05, 0.1) is 12.8 Å². The number of carbonyl (C=O) groups is 1. The Hall–Kier alpha value is -1.58. The highest BCUT2D eigenvalue weighted by molar-refractivity contribution is 14.0. The van der Waals surface area contributed by atoms with E-state index < -0.39 is 0 Å². The van der Waals surface area contributed by atoms with E-state index >= 15 is 0 Å². The molecule has 1 aliphatic rings. The van der Waals surface area contributed by atoms with Crippen molar-refractivity contribution in [3.05, 3.63) is 30.1 Å². The number of ether oxygens (including phenoxy) is 1. The molecule has 0 bridgehead atoms. The molecule has 1 aromatic rings. The van der Waals surface area contributed by atoms with E-state index in [1.807, 2.05) is 12.1 Å². The second-order valence-electron chi connectivity index (χ2n) is 5.93. The molecular weight excluding hydrogens is 450 g/mol. The number of nitrogens with zero attached hydrogens (tertiary/aromatic N) is 3. The first kappa shape index (κ1) is 22.5. The van der Waals surface area contributed by atoms with Crippen LogP contribution in [0.25, 0.3) is 0 Å². The lowest BCUT2D eigenvalue weighted by molar-refractivity contribution is -0.140. The van der Waals surface area contributed by atoms with Crippen LogP contribution in [0.15, 0.2) is 29.3 Å². The van der Waals surface area contributed by atoms with Gasteiger partial charge in [0.1, 0.15) is 5.82 Å². The minimum atomic E-state index is -0.177. The summed E-state index contributed by atoms with van der Waals surface area (Å²) in [5.74, 6) is 0.504. The van der Waals surface area contributed by atoms with E-state index in [0.717, 1.165) is 51.5 Å². The maximum atomic E-state index is 13.9. The molecule has 0 unspecified atom stereocenters. The minimum absolute atomic E-state index is 0. The number of rotatable bonds is 6. The molecule has 8 heteroatoms. The standard InChI is InChI=1S/C18H27FN4O2.HI/c1-20-18(21-10-6-5-9-17(24)25-2)23-13-11-22(12-14-23)16-8-4-3-7-15(16)19;/h3-4,7-8H,5-6,9-14H2,1-2H3,(H,20,21);1H. The predicted molar refractivity (Wildman–Crippen MR) is 113 cm³/mol. The Kier molecular flexibility index (Phi) is 10.3. The first-order valence-corrected chi connectivity index (χ1v) is 8.67. The van der Waals surface area contributed by atoms with Gasteiger partial charge in [-0.25, -0.2) is 4.39 Å². The molecule has 0 radical (unpaired) electrons. The summed E-state index contributed by atoms with van der Waals surface area (Å²) in [6.45, 7) is 3.84. The SMILES string of the molecule is CN=C(NCCCCC(=O)OC)N1CCN(c2ccccc2F)CC1.I. The summed E-state index contributed by atoms with van der Waals surface area (Å²) in [6, 6.07) is 6.89. The summed E-state index contributed by atoms with van der Waals surface area (Å²) in [6.07, 6.45) is 2.11. The van der Waals surface area contributed by atoms with E-state index in [2.05, 4.69) is 24.8 Å². The molecule has 1 aromatic carbocycles. The zero-order valence-electron chi connectivity index (χ0n) is 15.4. The second kappa shape index (κ2) is 11.9. The molecule has 6 nitrogen and oxygen atoms in total. The quantitative estimate of drug-likeness (QED) is 0.224. The van der Waals surface area contributed by atoms with Crippen molar-refractivity contribution in [3.63, 3.8) is 0 Å². The topological polar surface area (TPSA) is 57.2 Å². The van der Waals surface area contributed by atoms with Crippen LogP contribution >= 0.6 is 24.0 Å². The number of aliphatic imine (C=N–C) groups is 1. The number of hydrogen-bond acceptors (Lipinski definition) is 4. The summed E-state index contributed by atoms with van der Waals surface area (Å²) >= 11 is 0. The Balaban J connectivity index is 0.00000338. The average Bonchev–Trinajstić information content (AvgIpc) is 2.65. The number of piperazine rings is 1. The zero-order chi connectivity index (χ0) is 18.1. The summed E-state index contributed by atoms with van der Waals surface area (Å²) in [5.41, 5.74) is 0.660. The number of anilines is 1. The number of hydrogen-bond donors (Lipinski definition) is 1. The van der Waals surface area contributed by atoms with Crippen molar-refractivity contribution >= 4 is 41.6 Å². The van der Waals surface area contributed by atoms with E-state index in [-0.39, 0.29) is 35.8 Å². The number of para-hydroxylation sites is 1. The Labute approximate surface area is 171 Å². The monoisotopic (exact) mass is 478 g/mol. The van der Waals surface area contributed by atoms with Crippen molar-refractivity contribution in [2.45, 2.75) is 19.3 Å². The number of unbranched alkanes of at least 4 members (excludes halogenated alkanes) is 1. The number of halogens is 2. The smallest absolute Gasteiger partial charge is 0.305 e. The predicted octanol–water partition coefficient (Wildman–Crippen LogP) is 2.48. The van der Waals surface area contributed by atoms with E-state index in [0.29, 0.717) is 12.1 Å². The lowest BCUT2D eigenvalue weighted by atomic mass is 10.2. The lowest BCUT2D eigenvalue weighted by Crippen LogP contribution is -2.52. The van der Waals surface area contributed by atoms with Gasteiger partial charge >= 0.3 is 5.97 Å². The molecule has 1 N–H and O–H groups in total. The highest BCUT2D eigenvalue weighted by Crippen LogP contribution is 2.20. The van der Waals surface area contributed by atoms with Crippen LogP contribution in [0.5, 0.6) is 0 Å². The minimum Gasteiger partial charge on any atom is -0.469 e. The van der Waals surface area contributed by atoms with Gasteiger partial charge in [-0.15, -0.1) is 24.0 Å². The van der Waals surface area contributed by atoms with Gasteiger partial charge in [0, 0.05) is 46.2 Å². The summed E-state index contributed by atoms with van der Waals surface area (Å²) < 4.78 is 18.5. The van der Waals surface area contributed by atoms with Gasteiger partial charge in [-0.3, -0.25) is 9.79 Å². The third-order valence-electron chi connectivity index (χ3n) is 4.30. The maximum absolute atomic E-state index is 13.9. The first-order chi connectivity index (χ1) is 12.2. The van der Waals surface area contributed by atoms with Crippen LogP contribution < -0.4 is 10.2 Å². The van der Waals surface area contributed by atoms with E-state index in [1.54, 1.807) is 13.1 Å². The number of esters is 1. The van der Waals surface area contributed by atoms with Crippen LogP contribution in [0, 0.1) is 5.82 Å². The number of guanidine groups is 1. The molecule has 1 saturated heterocycles. The van der Waals surface area contributed by atoms with Gasteiger partial charge in [-0.1, -0.05) is 12.1 Å². The number of benzene rings is 1. The molecule has 0 aliphatic carbocycles.